The molecule has 2 aromatic heterocycles. The first kappa shape index (κ1) is 20.9. The number of halogens is 3. The van der Waals surface area contributed by atoms with Gasteiger partial charge in [-0.3, -0.25) is 15.8 Å². The van der Waals surface area contributed by atoms with Gasteiger partial charge >= 0.3 is 0 Å². The summed E-state index contributed by atoms with van der Waals surface area (Å²) in [5.74, 6) is -0.0193. The van der Waals surface area contributed by atoms with Crippen molar-refractivity contribution in [2.75, 3.05) is 11.1 Å². The second-order valence-electron chi connectivity index (χ2n) is 5.27. The van der Waals surface area contributed by atoms with Gasteiger partial charge in [0.25, 0.3) is 15.3 Å². The van der Waals surface area contributed by atoms with Gasteiger partial charge in [0.15, 0.2) is 17.3 Å². The Balaban J connectivity index is 2.09. The molecule has 0 spiro atoms. The molecule has 0 saturated carbocycles. The fourth-order valence-corrected chi connectivity index (χ4v) is 5.36. The number of imidazole rings is 1. The molecule has 3 aromatic rings. The molecule has 0 aliphatic carbocycles. The summed E-state index contributed by atoms with van der Waals surface area (Å²) in [5, 5.41) is 14.1. The Morgan fingerprint density at radius 2 is 2.04 bits per heavy atom. The summed E-state index contributed by atoms with van der Waals surface area (Å²) in [5.41, 5.74) is 13.5. The Labute approximate surface area is 178 Å². The van der Waals surface area contributed by atoms with Crippen LogP contribution < -0.4 is 16.8 Å². The van der Waals surface area contributed by atoms with Crippen LogP contribution in [0.25, 0.3) is 11.2 Å². The minimum Gasteiger partial charge on any atom is -0.399 e. The smallest absolute Gasteiger partial charge is 0.287 e. The van der Waals surface area contributed by atoms with Gasteiger partial charge in [-0.25, -0.2) is 19.3 Å². The number of anilines is 3. The van der Waals surface area contributed by atoms with Crippen molar-refractivity contribution in [3.8, 4) is 0 Å². The molecule has 0 aliphatic rings. The largest absolute Gasteiger partial charge is 0.399 e. The monoisotopic (exact) mass is 508 g/mol. The molecule has 2 heterocycles. The fourth-order valence-electron chi connectivity index (χ4n) is 2.17. The highest BCUT2D eigenvalue weighted by Gasteiger charge is 2.48. The maximum Gasteiger partial charge on any atom is 0.287 e. The number of thioether (sulfide) groups is 1. The zero-order chi connectivity index (χ0) is 20.5. The van der Waals surface area contributed by atoms with Crippen LogP contribution in [0.2, 0.25) is 0 Å². The summed E-state index contributed by atoms with van der Waals surface area (Å²) < 4.78 is 8.55. The topological polar surface area (TPSA) is 162 Å². The summed E-state index contributed by atoms with van der Waals surface area (Å²) >= 11 is 8.32. The van der Waals surface area contributed by atoms with Crippen LogP contribution in [-0.4, -0.2) is 27.6 Å². The molecule has 0 bridgehead atoms. The van der Waals surface area contributed by atoms with E-state index in [0.717, 1.165) is 0 Å². The second kappa shape index (κ2) is 7.87. The molecule has 0 fully saturated rings. The number of aromatic nitrogens is 4. The number of fused-ring (bicyclic) bond motifs is 1. The molecule has 6 N–H and O–H groups in total. The number of nitro groups is 1. The van der Waals surface area contributed by atoms with Gasteiger partial charge in [0.1, 0.15) is 9.85 Å². The molecule has 0 saturated heterocycles. The number of nitrogen functional groups attached to an aromatic ring is 1. The number of aromatic amines is 1. The van der Waals surface area contributed by atoms with Crippen LogP contribution in [0.3, 0.4) is 0 Å². The van der Waals surface area contributed by atoms with Gasteiger partial charge in [0.05, 0.1) is 6.33 Å². The van der Waals surface area contributed by atoms with E-state index in [9.17, 15) is 14.5 Å². The van der Waals surface area contributed by atoms with E-state index in [1.54, 1.807) is 24.3 Å². The summed E-state index contributed by atoms with van der Waals surface area (Å²) in [4.78, 5) is 26.4. The number of benzene rings is 1. The fraction of sp³-hybridized carbons (Fsp3) is 0.154. The third-order valence-electron chi connectivity index (χ3n) is 3.25. The van der Waals surface area contributed by atoms with E-state index in [0.29, 0.717) is 16.9 Å². The molecule has 15 heteroatoms. The Kier molecular flexibility index (Phi) is 5.86. The predicted octanol–water partition coefficient (Wildman–Crippen LogP) is 3.62. The summed E-state index contributed by atoms with van der Waals surface area (Å²) in [7, 11) is 0. The lowest BCUT2D eigenvalue weighted by molar-refractivity contribution is -0.285. The average molecular weight is 510 g/mol. The van der Waals surface area contributed by atoms with Gasteiger partial charge in [-0.15, -0.1) is 0 Å². The molecule has 0 radical (unpaired) electrons. The van der Waals surface area contributed by atoms with Crippen LogP contribution in [0.5, 0.6) is 0 Å². The number of rotatable bonds is 7. The molecule has 10 nitrogen and oxygen atoms in total. The molecule has 28 heavy (non-hydrogen) atoms. The van der Waals surface area contributed by atoms with E-state index in [1.165, 1.54) is 6.33 Å². The number of H-pyrrole nitrogens is 1. The van der Waals surface area contributed by atoms with Gasteiger partial charge in [-0.05, 0) is 52.0 Å². The van der Waals surface area contributed by atoms with Crippen LogP contribution in [0, 0.1) is 10.1 Å². The molecule has 3 rings (SSSR count). The zero-order valence-electron chi connectivity index (χ0n) is 13.6. The first-order valence-electron chi connectivity index (χ1n) is 7.29. The van der Waals surface area contributed by atoms with Crippen molar-refractivity contribution in [1.29, 1.82) is 0 Å². The van der Waals surface area contributed by atoms with Crippen LogP contribution in [0.4, 0.5) is 21.6 Å². The van der Waals surface area contributed by atoms with Crippen molar-refractivity contribution >= 4 is 79.6 Å². The van der Waals surface area contributed by atoms with Gasteiger partial charge in [0, 0.05) is 11.4 Å². The molecule has 0 aliphatic heterocycles. The number of hydrogen-bond donors (Lipinski definition) is 4. The van der Waals surface area contributed by atoms with Gasteiger partial charge in [0.2, 0.25) is 4.20 Å². The molecule has 148 valence electrons. The summed E-state index contributed by atoms with van der Waals surface area (Å²) in [6, 6.07) is 6.77. The molecule has 1 aromatic carbocycles. The summed E-state index contributed by atoms with van der Waals surface area (Å²) in [6.45, 7) is 0. The van der Waals surface area contributed by atoms with Crippen molar-refractivity contribution in [3.63, 3.8) is 0 Å². The first-order chi connectivity index (χ1) is 13.1. The second-order valence-corrected chi connectivity index (χ2v) is 10.9. The number of hydrogen-bond acceptors (Lipinski definition) is 10. The standard InChI is InChI=1S/C13H11BrClFN8O2S2/c14-13(15,16)27-12(18,28-24(25)26)11-22-9-8(19-5-20-9)10(23-11)21-7-3-1-6(17)2-4-7/h1-5H,17-18H2,(H2,19,20,21,22,23). The Morgan fingerprint density at radius 1 is 1.36 bits per heavy atom. The van der Waals surface area contributed by atoms with Crippen molar-refractivity contribution in [1.82, 2.24) is 19.9 Å². The average Bonchev–Trinajstić information content (AvgIpc) is 3.03. The lowest BCUT2D eigenvalue weighted by atomic mass is 10.3. The van der Waals surface area contributed by atoms with Crippen LogP contribution in [-0.2, 0) is 4.20 Å². The maximum absolute atomic E-state index is 14.0. The lowest BCUT2D eigenvalue weighted by Gasteiger charge is -2.24. The molecule has 2 atom stereocenters. The number of nitrogens with two attached hydrogens (primary N) is 2. The van der Waals surface area contributed by atoms with Crippen LogP contribution >= 0.6 is 51.2 Å². The molecular formula is C13H11BrClFN8O2S2. The van der Waals surface area contributed by atoms with Crippen molar-refractivity contribution in [2.24, 2.45) is 5.73 Å². The molecule has 0 amide bonds. The molecule has 2 unspecified atom stereocenters. The zero-order valence-corrected chi connectivity index (χ0v) is 17.6. The predicted molar refractivity (Wildman–Crippen MR) is 112 cm³/mol. The van der Waals surface area contributed by atoms with Gasteiger partial charge in [-0.2, -0.15) is 0 Å². The van der Waals surface area contributed by atoms with Crippen LogP contribution in [0.1, 0.15) is 5.82 Å². The van der Waals surface area contributed by atoms with E-state index >= 15 is 0 Å². The SMILES string of the molecule is Nc1ccc(Nc2nc(C(N)(S[N+](=O)[O-])SC(F)(Cl)Br)nc3nc[nH]c23)cc1. The third-order valence-corrected chi connectivity index (χ3v) is 5.76. The maximum atomic E-state index is 14.0. The van der Waals surface area contributed by atoms with Gasteiger partial charge in [-0.1, -0.05) is 11.6 Å². The van der Waals surface area contributed by atoms with E-state index < -0.39 is 11.9 Å². The summed E-state index contributed by atoms with van der Waals surface area (Å²) in [6.07, 6.45) is 1.37. The number of nitrogens with zero attached hydrogens (tertiary/aromatic N) is 4. The highest BCUT2D eigenvalue weighted by atomic mass is 79.9. The highest BCUT2D eigenvalue weighted by molar-refractivity contribution is 9.12. The first-order valence-corrected chi connectivity index (χ1v) is 10.1. The normalized spacial score (nSPS) is 15.7. The van der Waals surface area contributed by atoms with Crippen LogP contribution in [0.15, 0.2) is 30.6 Å². The van der Waals surface area contributed by atoms with Crippen molar-refractivity contribution in [2.45, 2.75) is 7.57 Å². The minimum absolute atomic E-state index is 0.0112. The highest BCUT2D eigenvalue weighted by Crippen LogP contribution is 2.52. The Hall–Kier alpha value is -1.87. The Bertz CT molecular complexity index is 1020. The number of alkyl halides is 3. The van der Waals surface area contributed by atoms with E-state index in [1.807, 2.05) is 0 Å². The van der Waals surface area contributed by atoms with E-state index in [2.05, 4.69) is 41.2 Å². The van der Waals surface area contributed by atoms with E-state index in [-0.39, 0.29) is 41.0 Å². The van der Waals surface area contributed by atoms with Crippen molar-refractivity contribution < 1.29 is 8.72 Å². The third kappa shape index (κ3) is 4.94. The Morgan fingerprint density at radius 3 is 2.64 bits per heavy atom. The van der Waals surface area contributed by atoms with Crippen molar-refractivity contribution in [3.05, 3.63) is 46.5 Å². The molecular weight excluding hydrogens is 499 g/mol. The minimum atomic E-state index is -2.58. The van der Waals surface area contributed by atoms with E-state index in [4.69, 9.17) is 23.1 Å². The van der Waals surface area contributed by atoms with Gasteiger partial charge < -0.3 is 16.0 Å². The lowest BCUT2D eigenvalue weighted by Crippen LogP contribution is -2.35. The number of nitrogens with one attached hydrogen (secondary N) is 2. The quantitative estimate of drug-likeness (QED) is 0.0924.